The maximum Gasteiger partial charge on any atom is 0.209 e. The summed E-state index contributed by atoms with van der Waals surface area (Å²) in [6, 6.07) is 10.5. The van der Waals surface area contributed by atoms with E-state index in [4.69, 9.17) is 0 Å². The second-order valence-corrected chi connectivity index (χ2v) is 4.76. The Morgan fingerprint density at radius 3 is 2.82 bits per heavy atom. The molecule has 0 aliphatic heterocycles. The van der Waals surface area contributed by atoms with Crippen molar-refractivity contribution in [2.24, 2.45) is 7.05 Å². The van der Waals surface area contributed by atoms with Gasteiger partial charge in [-0.1, -0.05) is 42.1 Å². The van der Waals surface area contributed by atoms with Gasteiger partial charge in [0.25, 0.3) is 0 Å². The van der Waals surface area contributed by atoms with Crippen LogP contribution in [-0.4, -0.2) is 32.5 Å². The maximum atomic E-state index is 3.92. The number of nitrogens with zero attached hydrogens (tertiary/aromatic N) is 4. The third kappa shape index (κ3) is 3.83. The average molecular weight is 250 g/mol. The fourth-order valence-corrected chi connectivity index (χ4v) is 2.24. The normalized spacial score (nSPS) is 10.6. The van der Waals surface area contributed by atoms with Gasteiger partial charge < -0.3 is 5.32 Å². The summed E-state index contributed by atoms with van der Waals surface area (Å²) in [5.74, 6) is 1.01. The minimum atomic E-state index is 0.873. The van der Waals surface area contributed by atoms with E-state index < -0.39 is 0 Å². The molecule has 0 aliphatic carbocycles. The molecule has 1 aromatic carbocycles. The highest BCUT2D eigenvalue weighted by Gasteiger charge is 2.02. The molecule has 0 bridgehead atoms. The topological polar surface area (TPSA) is 60.2 Å². The number of hydrogen-bond acceptors (Lipinski definition) is 4. The Labute approximate surface area is 105 Å². The summed E-state index contributed by atoms with van der Waals surface area (Å²) in [6.07, 6.45) is 0. The first-order valence-electron chi connectivity index (χ1n) is 5.57. The van der Waals surface area contributed by atoms with Crippen LogP contribution in [0.3, 0.4) is 0 Å². The van der Waals surface area contributed by atoms with Gasteiger partial charge in [0.05, 0.1) is 12.3 Å². The van der Waals surface area contributed by atoms with E-state index in [1.54, 1.807) is 16.4 Å². The van der Waals surface area contributed by atoms with Crippen molar-refractivity contribution in [1.82, 2.24) is 20.2 Å². The molecule has 0 saturated carbocycles. The molecular weight excluding hydrogens is 234 g/mol. The van der Waals surface area contributed by atoms with Crippen LogP contribution in [0.2, 0.25) is 0 Å². The number of tetrazole rings is 1. The van der Waals surface area contributed by atoms with E-state index >= 15 is 0 Å². The number of nitrogens with two attached hydrogens (primary N) is 1. The third-order valence-electron chi connectivity index (χ3n) is 2.36. The molecule has 2 aromatic rings. The number of hydrogen-bond donors (Lipinski definition) is 1. The van der Waals surface area contributed by atoms with E-state index in [2.05, 4.69) is 45.1 Å². The summed E-state index contributed by atoms with van der Waals surface area (Å²) >= 11 is 1.68. The van der Waals surface area contributed by atoms with Crippen LogP contribution in [0.1, 0.15) is 5.56 Å². The number of quaternary nitrogens is 1. The smallest absolute Gasteiger partial charge is 0.209 e. The van der Waals surface area contributed by atoms with E-state index in [1.807, 2.05) is 13.1 Å². The lowest BCUT2D eigenvalue weighted by Gasteiger charge is -2.01. The standard InChI is InChI=1S/C11H15N5S/c1-16-11(13-14-15-16)17-8-7-12-9-10-5-3-2-4-6-10/h2-6,12H,7-9H2,1H3/p+1. The predicted molar refractivity (Wildman–Crippen MR) is 66.5 cm³/mol. The van der Waals surface area contributed by atoms with Crippen LogP contribution < -0.4 is 5.32 Å². The van der Waals surface area contributed by atoms with Gasteiger partial charge in [0.15, 0.2) is 0 Å². The van der Waals surface area contributed by atoms with E-state index in [1.165, 1.54) is 5.56 Å². The highest BCUT2D eigenvalue weighted by atomic mass is 32.2. The van der Waals surface area contributed by atoms with E-state index in [9.17, 15) is 0 Å². The first-order chi connectivity index (χ1) is 8.36. The van der Waals surface area contributed by atoms with Gasteiger partial charge in [-0.05, 0) is 10.4 Å². The Morgan fingerprint density at radius 1 is 1.29 bits per heavy atom. The summed E-state index contributed by atoms with van der Waals surface area (Å²) in [6.45, 7) is 2.09. The molecule has 0 fully saturated rings. The summed E-state index contributed by atoms with van der Waals surface area (Å²) in [7, 11) is 1.86. The van der Waals surface area contributed by atoms with E-state index in [0.29, 0.717) is 0 Å². The maximum absolute atomic E-state index is 3.92. The van der Waals surface area contributed by atoms with Crippen LogP contribution in [0, 0.1) is 0 Å². The number of thioether (sulfide) groups is 1. The van der Waals surface area contributed by atoms with Gasteiger partial charge >= 0.3 is 0 Å². The van der Waals surface area contributed by atoms with Crippen LogP contribution in [0.15, 0.2) is 35.5 Å². The molecule has 0 unspecified atom stereocenters. The molecule has 0 spiro atoms. The van der Waals surface area contributed by atoms with Gasteiger partial charge in [-0.3, -0.25) is 0 Å². The molecule has 0 atom stereocenters. The van der Waals surface area contributed by atoms with Crippen molar-refractivity contribution in [3.63, 3.8) is 0 Å². The van der Waals surface area contributed by atoms with Crippen molar-refractivity contribution in [1.29, 1.82) is 0 Å². The minimum Gasteiger partial charge on any atom is -0.342 e. The zero-order valence-electron chi connectivity index (χ0n) is 9.78. The molecule has 17 heavy (non-hydrogen) atoms. The Kier molecular flexibility index (Phi) is 4.52. The molecule has 1 heterocycles. The molecular formula is C11H16N5S+. The van der Waals surface area contributed by atoms with Crippen LogP contribution in [0.4, 0.5) is 0 Å². The molecule has 0 amide bonds. The molecule has 6 heteroatoms. The molecule has 0 aliphatic rings. The summed E-state index contributed by atoms with van der Waals surface area (Å²) in [5, 5.41) is 14.5. The number of benzene rings is 1. The predicted octanol–water partition coefficient (Wildman–Crippen LogP) is 0.0658. The zero-order valence-corrected chi connectivity index (χ0v) is 10.6. The fraction of sp³-hybridized carbons (Fsp3) is 0.364. The van der Waals surface area contributed by atoms with E-state index in [-0.39, 0.29) is 0 Å². The Hall–Kier alpha value is -1.40. The number of aromatic nitrogens is 4. The SMILES string of the molecule is Cn1nnnc1SCC[NH2+]Cc1ccccc1. The quantitative estimate of drug-likeness (QED) is 0.582. The fourth-order valence-electron chi connectivity index (χ4n) is 1.46. The lowest BCUT2D eigenvalue weighted by atomic mass is 10.2. The van der Waals surface area contributed by atoms with Crippen molar-refractivity contribution in [3.8, 4) is 0 Å². The lowest BCUT2D eigenvalue weighted by molar-refractivity contribution is -0.666. The van der Waals surface area contributed by atoms with E-state index in [0.717, 1.165) is 24.0 Å². The van der Waals surface area contributed by atoms with Crippen LogP contribution in [0.25, 0.3) is 0 Å². The monoisotopic (exact) mass is 250 g/mol. The van der Waals surface area contributed by atoms with Crippen LogP contribution in [0.5, 0.6) is 0 Å². The van der Waals surface area contributed by atoms with Crippen molar-refractivity contribution in [2.45, 2.75) is 11.7 Å². The molecule has 1 aromatic heterocycles. The van der Waals surface area contributed by atoms with Crippen molar-refractivity contribution < 1.29 is 5.32 Å². The Bertz CT molecular complexity index is 442. The van der Waals surface area contributed by atoms with Gasteiger partial charge in [0.1, 0.15) is 6.54 Å². The summed E-state index contributed by atoms with van der Waals surface area (Å²) < 4.78 is 1.70. The first-order valence-corrected chi connectivity index (χ1v) is 6.55. The molecule has 90 valence electrons. The molecule has 2 N–H and O–H groups in total. The van der Waals surface area contributed by atoms with Crippen LogP contribution >= 0.6 is 11.8 Å². The van der Waals surface area contributed by atoms with Crippen LogP contribution in [-0.2, 0) is 13.6 Å². The number of aryl methyl sites for hydroxylation is 1. The summed E-state index contributed by atoms with van der Waals surface area (Å²) in [4.78, 5) is 0. The van der Waals surface area contributed by atoms with Crippen molar-refractivity contribution in [2.75, 3.05) is 12.3 Å². The Balaban J connectivity index is 1.63. The average Bonchev–Trinajstić information content (AvgIpc) is 2.76. The Morgan fingerprint density at radius 2 is 2.12 bits per heavy atom. The number of rotatable bonds is 6. The van der Waals surface area contributed by atoms with Gasteiger partial charge in [0, 0.05) is 12.6 Å². The zero-order chi connectivity index (χ0) is 11.9. The van der Waals surface area contributed by atoms with Crippen molar-refractivity contribution in [3.05, 3.63) is 35.9 Å². The van der Waals surface area contributed by atoms with Gasteiger partial charge in [-0.2, -0.15) is 0 Å². The molecule has 0 saturated heterocycles. The second-order valence-electron chi connectivity index (χ2n) is 3.70. The highest BCUT2D eigenvalue weighted by molar-refractivity contribution is 7.99. The van der Waals surface area contributed by atoms with Crippen molar-refractivity contribution >= 4 is 11.8 Å². The molecule has 0 radical (unpaired) electrons. The molecule has 2 rings (SSSR count). The minimum absolute atomic E-state index is 0.873. The second kappa shape index (κ2) is 6.36. The highest BCUT2D eigenvalue weighted by Crippen LogP contribution is 2.09. The van der Waals surface area contributed by atoms with Gasteiger partial charge in [-0.15, -0.1) is 5.10 Å². The van der Waals surface area contributed by atoms with Gasteiger partial charge in [0.2, 0.25) is 5.16 Å². The lowest BCUT2D eigenvalue weighted by Crippen LogP contribution is -2.83. The summed E-state index contributed by atoms with van der Waals surface area (Å²) in [5.41, 5.74) is 1.36. The molecule has 5 nitrogen and oxygen atoms in total. The first kappa shape index (κ1) is 12.1. The third-order valence-corrected chi connectivity index (χ3v) is 3.40. The van der Waals surface area contributed by atoms with Gasteiger partial charge in [-0.25, -0.2) is 4.68 Å². The largest absolute Gasteiger partial charge is 0.342 e.